The first kappa shape index (κ1) is 13.6. The maximum absolute atomic E-state index is 12.2. The molecule has 0 saturated heterocycles. The third-order valence-corrected chi connectivity index (χ3v) is 4.13. The summed E-state index contributed by atoms with van der Waals surface area (Å²) >= 11 is 0. The first-order valence-corrected chi connectivity index (χ1v) is 7.03. The van der Waals surface area contributed by atoms with Gasteiger partial charge in [-0.2, -0.15) is 5.21 Å². The van der Waals surface area contributed by atoms with E-state index in [1.807, 2.05) is 0 Å². The Morgan fingerprint density at radius 1 is 1.42 bits per heavy atom. The fourth-order valence-electron chi connectivity index (χ4n) is 1.56. The zero-order chi connectivity index (χ0) is 13.9. The molecule has 0 aliphatic rings. The van der Waals surface area contributed by atoms with Crippen molar-refractivity contribution >= 4 is 10.0 Å². The number of nitrogens with two attached hydrogens (primary N) is 1. The second-order valence-corrected chi connectivity index (χ2v) is 5.69. The molecule has 9 heteroatoms. The molecule has 0 atom stereocenters. The van der Waals surface area contributed by atoms with Crippen LogP contribution in [-0.2, 0) is 23.1 Å². The Balaban J connectivity index is 2.23. The highest BCUT2D eigenvalue weighted by Crippen LogP contribution is 2.16. The van der Waals surface area contributed by atoms with Crippen molar-refractivity contribution < 1.29 is 8.42 Å². The quantitative estimate of drug-likeness (QED) is 0.675. The molecular formula is C10H14N6O2S. The topological polar surface area (TPSA) is 127 Å². The van der Waals surface area contributed by atoms with Crippen LogP contribution in [0.5, 0.6) is 0 Å². The molecule has 2 aromatic rings. The van der Waals surface area contributed by atoms with Crippen LogP contribution < -0.4 is 10.5 Å². The van der Waals surface area contributed by atoms with Gasteiger partial charge in [-0.15, -0.1) is 10.2 Å². The second kappa shape index (κ2) is 5.43. The molecule has 19 heavy (non-hydrogen) atoms. The number of aromatic nitrogens is 4. The summed E-state index contributed by atoms with van der Waals surface area (Å²) in [5.74, 6) is 0.274. The van der Waals surface area contributed by atoms with Gasteiger partial charge in [-0.05, 0) is 24.1 Å². The lowest BCUT2D eigenvalue weighted by atomic mass is 10.1. The van der Waals surface area contributed by atoms with E-state index >= 15 is 0 Å². The lowest BCUT2D eigenvalue weighted by molar-refractivity contribution is 0.578. The third-order valence-electron chi connectivity index (χ3n) is 2.59. The van der Waals surface area contributed by atoms with Crippen molar-refractivity contribution in [3.8, 4) is 0 Å². The van der Waals surface area contributed by atoms with Crippen LogP contribution in [0.2, 0.25) is 0 Å². The lowest BCUT2D eigenvalue weighted by Crippen LogP contribution is -2.24. The molecule has 0 amide bonds. The van der Waals surface area contributed by atoms with Gasteiger partial charge in [0, 0.05) is 6.54 Å². The number of rotatable bonds is 5. The molecule has 0 fully saturated rings. The number of nitrogens with one attached hydrogen (secondary N) is 2. The SMILES string of the molecule is Cc1ccc(CN)cc1S(=O)(=O)NCc1nn[nH]n1. The summed E-state index contributed by atoms with van der Waals surface area (Å²) in [5.41, 5.74) is 6.92. The average molecular weight is 282 g/mol. The van der Waals surface area contributed by atoms with Gasteiger partial charge >= 0.3 is 0 Å². The molecule has 1 heterocycles. The smallest absolute Gasteiger partial charge is 0.241 e. The summed E-state index contributed by atoms with van der Waals surface area (Å²) in [6.07, 6.45) is 0. The molecule has 4 N–H and O–H groups in total. The molecule has 0 aliphatic carbocycles. The van der Waals surface area contributed by atoms with Crippen molar-refractivity contribution in [2.24, 2.45) is 5.73 Å². The van der Waals surface area contributed by atoms with Crippen LogP contribution in [0, 0.1) is 6.92 Å². The van der Waals surface area contributed by atoms with E-state index in [1.165, 1.54) is 0 Å². The molecule has 0 aliphatic heterocycles. The number of benzene rings is 1. The molecular weight excluding hydrogens is 268 g/mol. The number of aryl methyl sites for hydroxylation is 1. The monoisotopic (exact) mass is 282 g/mol. The summed E-state index contributed by atoms with van der Waals surface area (Å²) < 4.78 is 26.8. The molecule has 0 spiro atoms. The number of hydrogen-bond donors (Lipinski definition) is 3. The van der Waals surface area contributed by atoms with E-state index in [-0.39, 0.29) is 23.8 Å². The fourth-order valence-corrected chi connectivity index (χ4v) is 2.83. The standard InChI is InChI=1S/C10H14N6O2S/c1-7-2-3-8(5-11)4-9(7)19(17,18)12-6-10-13-15-16-14-10/h2-4,12H,5-6,11H2,1H3,(H,13,14,15,16). The minimum atomic E-state index is -3.63. The van der Waals surface area contributed by atoms with Crippen molar-refractivity contribution in [3.05, 3.63) is 35.2 Å². The number of tetrazole rings is 1. The zero-order valence-electron chi connectivity index (χ0n) is 10.3. The predicted molar refractivity (Wildman–Crippen MR) is 67.3 cm³/mol. The number of H-pyrrole nitrogens is 1. The normalized spacial score (nSPS) is 11.7. The summed E-state index contributed by atoms with van der Waals surface area (Å²) in [4.78, 5) is 0.207. The van der Waals surface area contributed by atoms with Crippen molar-refractivity contribution in [3.63, 3.8) is 0 Å². The minimum absolute atomic E-state index is 0.0227. The predicted octanol–water partition coefficient (Wildman–Crippen LogP) is -0.555. The maximum atomic E-state index is 12.2. The largest absolute Gasteiger partial charge is 0.326 e. The molecule has 1 aromatic heterocycles. The minimum Gasteiger partial charge on any atom is -0.326 e. The van der Waals surface area contributed by atoms with Crippen molar-refractivity contribution in [2.45, 2.75) is 24.9 Å². The molecule has 102 valence electrons. The first-order valence-electron chi connectivity index (χ1n) is 5.54. The Kier molecular flexibility index (Phi) is 3.88. The maximum Gasteiger partial charge on any atom is 0.241 e. The van der Waals surface area contributed by atoms with Gasteiger partial charge in [-0.1, -0.05) is 17.3 Å². The van der Waals surface area contributed by atoms with Gasteiger partial charge in [0.2, 0.25) is 10.0 Å². The number of sulfonamides is 1. The van der Waals surface area contributed by atoms with Gasteiger partial charge < -0.3 is 5.73 Å². The summed E-state index contributed by atoms with van der Waals surface area (Å²) in [6, 6.07) is 5.09. The second-order valence-electron chi connectivity index (χ2n) is 3.96. The number of hydrogen-bond acceptors (Lipinski definition) is 6. The Bertz CT molecular complexity index is 653. The van der Waals surface area contributed by atoms with Crippen molar-refractivity contribution in [1.82, 2.24) is 25.3 Å². The van der Waals surface area contributed by atoms with E-state index in [1.54, 1.807) is 25.1 Å². The van der Waals surface area contributed by atoms with E-state index in [2.05, 4.69) is 25.3 Å². The highest BCUT2D eigenvalue weighted by Gasteiger charge is 2.17. The van der Waals surface area contributed by atoms with E-state index in [4.69, 9.17) is 5.73 Å². The highest BCUT2D eigenvalue weighted by atomic mass is 32.2. The van der Waals surface area contributed by atoms with Crippen LogP contribution in [-0.4, -0.2) is 29.0 Å². The summed E-state index contributed by atoms with van der Waals surface area (Å²) in [7, 11) is -3.63. The lowest BCUT2D eigenvalue weighted by Gasteiger charge is -2.09. The Labute approximate surface area is 110 Å². The van der Waals surface area contributed by atoms with Crippen LogP contribution in [0.25, 0.3) is 0 Å². The Hall–Kier alpha value is -1.84. The fraction of sp³-hybridized carbons (Fsp3) is 0.300. The van der Waals surface area contributed by atoms with Crippen LogP contribution >= 0.6 is 0 Å². The molecule has 2 rings (SSSR count). The molecule has 0 radical (unpaired) electrons. The Morgan fingerprint density at radius 2 is 2.21 bits per heavy atom. The van der Waals surface area contributed by atoms with Crippen molar-refractivity contribution in [2.75, 3.05) is 0 Å². The first-order chi connectivity index (χ1) is 9.03. The van der Waals surface area contributed by atoms with Gasteiger partial charge in [0.05, 0.1) is 11.4 Å². The molecule has 8 nitrogen and oxygen atoms in total. The molecule has 0 bridgehead atoms. The van der Waals surface area contributed by atoms with E-state index in [0.29, 0.717) is 5.56 Å². The highest BCUT2D eigenvalue weighted by molar-refractivity contribution is 7.89. The van der Waals surface area contributed by atoms with E-state index in [9.17, 15) is 8.42 Å². The molecule has 0 unspecified atom stereocenters. The van der Waals surface area contributed by atoms with Gasteiger partial charge in [0.1, 0.15) is 0 Å². The molecule has 1 aromatic carbocycles. The van der Waals surface area contributed by atoms with E-state index in [0.717, 1.165) is 5.56 Å². The Morgan fingerprint density at radius 3 is 2.84 bits per heavy atom. The van der Waals surface area contributed by atoms with Crippen LogP contribution in [0.4, 0.5) is 0 Å². The number of nitrogens with zero attached hydrogens (tertiary/aromatic N) is 3. The zero-order valence-corrected chi connectivity index (χ0v) is 11.1. The van der Waals surface area contributed by atoms with Crippen LogP contribution in [0.15, 0.2) is 23.1 Å². The van der Waals surface area contributed by atoms with Crippen molar-refractivity contribution in [1.29, 1.82) is 0 Å². The number of aromatic amines is 1. The van der Waals surface area contributed by atoms with Crippen LogP contribution in [0.1, 0.15) is 17.0 Å². The van der Waals surface area contributed by atoms with Gasteiger partial charge in [0.15, 0.2) is 5.82 Å². The third kappa shape index (κ3) is 3.13. The van der Waals surface area contributed by atoms with Gasteiger partial charge in [-0.25, -0.2) is 13.1 Å². The van der Waals surface area contributed by atoms with Gasteiger partial charge in [-0.3, -0.25) is 0 Å². The summed E-state index contributed by atoms with van der Waals surface area (Å²) in [6.45, 7) is 1.99. The van der Waals surface area contributed by atoms with Crippen LogP contribution in [0.3, 0.4) is 0 Å². The molecule has 0 saturated carbocycles. The summed E-state index contributed by atoms with van der Waals surface area (Å²) in [5, 5.41) is 13.0. The van der Waals surface area contributed by atoms with E-state index < -0.39 is 10.0 Å². The van der Waals surface area contributed by atoms with Gasteiger partial charge in [0.25, 0.3) is 0 Å². The average Bonchev–Trinajstić information content (AvgIpc) is 2.90.